The molecule has 18 bridgehead atoms. The van der Waals surface area contributed by atoms with E-state index in [4.69, 9.17) is 23.2 Å². The number of hydrogen-bond donors (Lipinski definition) is 3. The second-order valence-corrected chi connectivity index (χ2v) is 44.2. The molecule has 1 aliphatic carbocycles. The van der Waals surface area contributed by atoms with E-state index < -0.39 is 0 Å². The van der Waals surface area contributed by atoms with Crippen molar-refractivity contribution in [1.82, 2.24) is 0 Å². The van der Waals surface area contributed by atoms with E-state index in [9.17, 15) is 0 Å². The Hall–Kier alpha value is 2.38. The lowest BCUT2D eigenvalue weighted by Crippen LogP contribution is -1.99. The van der Waals surface area contributed by atoms with E-state index >= 15 is 0 Å². The van der Waals surface area contributed by atoms with Gasteiger partial charge in [-0.25, -0.2) is 0 Å². The monoisotopic (exact) mass is 1580 g/mol. The van der Waals surface area contributed by atoms with Gasteiger partial charge in [0.1, 0.15) is 11.1 Å². The van der Waals surface area contributed by atoms with Crippen molar-refractivity contribution in [3.05, 3.63) is 244 Å². The smallest absolute Gasteiger partial charge is 0.127 e. The second-order valence-electron chi connectivity index (χ2n) is 20.3. The van der Waals surface area contributed by atoms with Crippen molar-refractivity contribution < 1.29 is 0 Å². The number of fused-ring (bicyclic) bond motifs is 27. The van der Waals surface area contributed by atoms with Crippen LogP contribution in [0.4, 0.5) is 0 Å². The molecule has 0 amide bonds. The highest BCUT2D eigenvalue weighted by atomic mass is 35.5. The molecule has 87 heavy (non-hydrogen) atoms. The van der Waals surface area contributed by atoms with Crippen molar-refractivity contribution in [1.29, 1.82) is 0 Å². The summed E-state index contributed by atoms with van der Waals surface area (Å²) >= 11 is 22.2. The number of rotatable bonds is 3. The maximum Gasteiger partial charge on any atom is 0.127 e. The lowest BCUT2D eigenvalue weighted by Gasteiger charge is -2.14. The summed E-state index contributed by atoms with van der Waals surface area (Å²) in [5.74, 6) is 21.4. The molecular formula is C64H67Cl2S21+. The Kier molecular flexibility index (Phi) is 35.8. The van der Waals surface area contributed by atoms with Gasteiger partial charge < -0.3 is 0 Å². The number of benzene rings is 6. The first-order chi connectivity index (χ1) is 42.8. The number of thiol groups is 3. The molecular weight excluding hydrogens is 1510 g/mol. The largest absolute Gasteiger partial charge is 0.175 e. The van der Waals surface area contributed by atoms with Gasteiger partial charge in [-0.3, -0.25) is 0 Å². The SMILES string of the molecule is ClCCl.SCc1cc(CS)cc(CS)c1.[C+]1=C2C=C3C=C1CSSCc1cc4cc(c1)CSSCc1cc(cc(c1)CSSCc1cc(cc(c1)CSSC4)CSSC2)CSSC3.c1c2cc3cc1CSSCc1cc(cc(c1)CSSC3)CSSC2. The third kappa shape index (κ3) is 27.3. The summed E-state index contributed by atoms with van der Waals surface area (Å²) < 4.78 is 0. The molecule has 7 aliphatic heterocycles. The molecule has 7 heterocycles. The lowest BCUT2D eigenvalue weighted by molar-refractivity contribution is 1.27. The Morgan fingerprint density at radius 1 is 0.253 bits per heavy atom. The second kappa shape index (κ2) is 42.2. The quantitative estimate of drug-likeness (QED) is 0.0666. The van der Waals surface area contributed by atoms with Crippen LogP contribution in [0.3, 0.4) is 0 Å². The lowest BCUT2D eigenvalue weighted by atomic mass is 10.0. The molecule has 462 valence electrons. The van der Waals surface area contributed by atoms with Gasteiger partial charge in [-0.2, -0.15) is 37.9 Å². The van der Waals surface area contributed by atoms with Gasteiger partial charge in [0.15, 0.2) is 0 Å². The van der Waals surface area contributed by atoms with Gasteiger partial charge in [0.25, 0.3) is 0 Å². The van der Waals surface area contributed by atoms with Crippen LogP contribution in [0, 0.1) is 6.08 Å². The van der Waals surface area contributed by atoms with Crippen LogP contribution in [-0.2, 0) is 104 Å². The minimum Gasteiger partial charge on any atom is -0.175 e. The summed E-state index contributed by atoms with van der Waals surface area (Å²) in [4.78, 5) is 0. The molecule has 0 radical (unpaired) electrons. The van der Waals surface area contributed by atoms with Crippen molar-refractivity contribution in [3.8, 4) is 0 Å². The fourth-order valence-electron chi connectivity index (χ4n) is 9.53. The number of hydrogen-bond acceptors (Lipinski definition) is 21. The topological polar surface area (TPSA) is 0 Å². The van der Waals surface area contributed by atoms with E-state index in [1.165, 1.54) is 117 Å². The first-order valence-corrected chi connectivity index (χ1v) is 53.0. The molecule has 0 unspecified atom stereocenters. The van der Waals surface area contributed by atoms with Gasteiger partial charge in [0, 0.05) is 110 Å². The summed E-state index contributed by atoms with van der Waals surface area (Å²) in [6.45, 7) is 0. The van der Waals surface area contributed by atoms with Gasteiger partial charge in [0.05, 0.1) is 40.3 Å². The standard InChI is InChI=1S/C36H35S12.C18H18S6.C9H12S3.CH2Cl2/c1-25-2-27-3-26(1)14-38-40-17-29-5-31-9-33(7-29)22-46-48-24-36-11-34(18-42-41-15-27)10-35(12-36)23-47-45-21-32-6-28(16-39-37-13-25)4-30(8-32)19-43-44-20-31;1-13-2-15-3-14(1)8-20-22-11-17-4-16(10-21-19-7-13)5-18(6-17)12-24-23-9-15;10-4-7-1-8(5-11)3-9(2-7)6-12;2-1-3/h1-11H,13-24H2;1-6H,7-12H2;1-3,10-12H,4-6H2;1H2/q+1;;;. The Morgan fingerprint density at radius 3 is 0.644 bits per heavy atom. The summed E-state index contributed by atoms with van der Waals surface area (Å²) in [5.41, 5.74) is 29.9. The highest BCUT2D eigenvalue weighted by Gasteiger charge is 2.20. The number of halogens is 2. The van der Waals surface area contributed by atoms with Gasteiger partial charge >= 0.3 is 0 Å². The third-order valence-electron chi connectivity index (χ3n) is 13.1. The van der Waals surface area contributed by atoms with Gasteiger partial charge in [-0.15, -0.1) is 23.2 Å². The molecule has 0 atom stereocenters. The van der Waals surface area contributed by atoms with Crippen LogP contribution >= 0.6 is 255 Å². The molecule has 8 aliphatic rings. The van der Waals surface area contributed by atoms with E-state index in [-0.39, 0.29) is 5.34 Å². The average Bonchev–Trinajstić information content (AvgIpc) is 3.64. The maximum absolute atomic E-state index is 4.76. The van der Waals surface area contributed by atoms with Crippen LogP contribution in [0.2, 0.25) is 0 Å². The molecule has 14 rings (SSSR count). The number of allylic oxidation sites excluding steroid dienone is 3. The fourth-order valence-corrected chi connectivity index (χ4v) is 28.8. The van der Waals surface area contributed by atoms with Crippen LogP contribution in [0.1, 0.15) is 100 Å². The predicted octanol–water partition coefficient (Wildman–Crippen LogP) is 26.5. The molecule has 0 fully saturated rings. The molecule has 0 N–H and O–H groups in total. The van der Waals surface area contributed by atoms with Crippen LogP contribution in [-0.4, -0.2) is 22.6 Å². The van der Waals surface area contributed by atoms with Gasteiger partial charge in [-0.1, -0.05) is 303 Å². The summed E-state index contributed by atoms with van der Waals surface area (Å²) in [7, 11) is 36.0. The zero-order valence-electron chi connectivity index (χ0n) is 47.5. The first-order valence-electron chi connectivity index (χ1n) is 27.7. The molecule has 0 saturated carbocycles. The van der Waals surface area contributed by atoms with Crippen LogP contribution in [0.5, 0.6) is 0 Å². The van der Waals surface area contributed by atoms with Crippen LogP contribution in [0.15, 0.2) is 138 Å². The summed E-state index contributed by atoms with van der Waals surface area (Å²) in [6, 6.07) is 43.1. The average molecular weight is 1580 g/mol. The van der Waals surface area contributed by atoms with E-state index in [0.717, 1.165) is 121 Å². The molecule has 0 spiro atoms. The highest BCUT2D eigenvalue weighted by Crippen LogP contribution is 2.42. The predicted molar refractivity (Wildman–Crippen MR) is 443 cm³/mol. The van der Waals surface area contributed by atoms with Crippen molar-refractivity contribution in [2.75, 3.05) is 22.6 Å². The summed E-state index contributed by atoms with van der Waals surface area (Å²) in [6.07, 6.45) is 8.65. The first kappa shape index (κ1) is 73.6. The summed E-state index contributed by atoms with van der Waals surface area (Å²) in [5, 5.41) is 0.194. The molecule has 0 aromatic heterocycles. The van der Waals surface area contributed by atoms with Crippen molar-refractivity contribution in [2.45, 2.75) is 104 Å². The Balaban J connectivity index is 0.000000190. The molecule has 6 aromatic rings. The maximum atomic E-state index is 4.76. The van der Waals surface area contributed by atoms with E-state index in [0.29, 0.717) is 0 Å². The van der Waals surface area contributed by atoms with Crippen LogP contribution < -0.4 is 0 Å². The van der Waals surface area contributed by atoms with Crippen molar-refractivity contribution in [2.24, 2.45) is 0 Å². The number of alkyl halides is 2. The fraction of sp³-hybridized carbons (Fsp3) is 0.344. The molecule has 0 nitrogen and oxygen atoms in total. The van der Waals surface area contributed by atoms with E-state index in [1.54, 1.807) is 0 Å². The molecule has 0 saturated heterocycles. The normalized spacial score (nSPS) is 17.7. The minimum absolute atomic E-state index is 0.194. The third-order valence-corrected chi connectivity index (χ3v) is 34.6. The van der Waals surface area contributed by atoms with Gasteiger partial charge in [-0.05, 0) is 100 Å². The molecule has 6 aromatic carbocycles. The molecule has 23 heteroatoms. The van der Waals surface area contributed by atoms with Crippen molar-refractivity contribution in [3.63, 3.8) is 0 Å². The Labute approximate surface area is 617 Å². The van der Waals surface area contributed by atoms with E-state index in [2.05, 4.69) is 165 Å². The van der Waals surface area contributed by atoms with Crippen molar-refractivity contribution >= 4 is 255 Å². The Bertz CT molecular complexity index is 2740. The van der Waals surface area contributed by atoms with Gasteiger partial charge in [0.2, 0.25) is 0 Å². The van der Waals surface area contributed by atoms with Crippen LogP contribution in [0.25, 0.3) is 0 Å². The zero-order valence-corrected chi connectivity index (χ0v) is 66.4. The zero-order chi connectivity index (χ0) is 60.3. The van der Waals surface area contributed by atoms with E-state index in [1.807, 2.05) is 194 Å². The Morgan fingerprint density at radius 2 is 0.437 bits per heavy atom. The highest BCUT2D eigenvalue weighted by molar-refractivity contribution is 8.78. The minimum atomic E-state index is 0.194.